The van der Waals surface area contributed by atoms with Gasteiger partial charge in [-0.25, -0.2) is 13.1 Å². The van der Waals surface area contributed by atoms with Crippen LogP contribution in [-0.4, -0.2) is 26.3 Å². The number of nitrogens with one attached hydrogen (secondary N) is 2. The predicted octanol–water partition coefficient (Wildman–Crippen LogP) is 2.57. The smallest absolute Gasteiger partial charge is 0.216 e. The average Bonchev–Trinajstić information content (AvgIpc) is 3.20. The summed E-state index contributed by atoms with van der Waals surface area (Å²) in [5.74, 6) is 0. The minimum Gasteiger partial charge on any atom is -0.313 e. The first-order valence-corrected chi connectivity index (χ1v) is 9.22. The van der Waals surface area contributed by atoms with Gasteiger partial charge in [-0.15, -0.1) is 0 Å². The van der Waals surface area contributed by atoms with E-state index in [1.54, 1.807) is 6.92 Å². The first-order valence-electron chi connectivity index (χ1n) is 6.88. The molecule has 0 aliphatic heterocycles. The number of rotatable bonds is 7. The Morgan fingerprint density at radius 2 is 1.85 bits per heavy atom. The van der Waals surface area contributed by atoms with E-state index >= 15 is 0 Å². The van der Waals surface area contributed by atoms with Gasteiger partial charge in [-0.05, 0) is 44.4 Å². The predicted molar refractivity (Wildman–Crippen MR) is 85.1 cm³/mol. The molecule has 4 nitrogen and oxygen atoms in total. The van der Waals surface area contributed by atoms with Gasteiger partial charge in [-0.1, -0.05) is 28.1 Å². The molecule has 1 aliphatic carbocycles. The first-order chi connectivity index (χ1) is 9.38. The van der Waals surface area contributed by atoms with Crippen LogP contribution < -0.4 is 10.0 Å². The van der Waals surface area contributed by atoms with Gasteiger partial charge < -0.3 is 5.32 Å². The van der Waals surface area contributed by atoms with Crippen molar-refractivity contribution < 1.29 is 8.42 Å². The van der Waals surface area contributed by atoms with Gasteiger partial charge in [0.2, 0.25) is 10.0 Å². The zero-order valence-corrected chi connectivity index (χ0v) is 14.2. The molecule has 0 amide bonds. The highest BCUT2D eigenvalue weighted by atomic mass is 79.9. The fourth-order valence-corrected chi connectivity index (χ4v) is 3.35. The summed E-state index contributed by atoms with van der Waals surface area (Å²) in [6.45, 7) is 4.11. The zero-order valence-electron chi connectivity index (χ0n) is 11.8. The molecule has 0 heterocycles. The lowest BCUT2D eigenvalue weighted by atomic mass is 10.1. The summed E-state index contributed by atoms with van der Waals surface area (Å²) >= 11 is 3.37. The van der Waals surface area contributed by atoms with Crippen LogP contribution in [0.15, 0.2) is 28.7 Å². The van der Waals surface area contributed by atoms with Gasteiger partial charge in [-0.2, -0.15) is 0 Å². The van der Waals surface area contributed by atoms with Crippen LogP contribution in [0.3, 0.4) is 0 Å². The molecule has 0 bridgehead atoms. The minimum atomic E-state index is -3.31. The van der Waals surface area contributed by atoms with Gasteiger partial charge in [0, 0.05) is 23.1 Å². The van der Waals surface area contributed by atoms with E-state index in [9.17, 15) is 8.42 Å². The number of hydrogen-bond acceptors (Lipinski definition) is 3. The molecule has 2 rings (SSSR count). The zero-order chi connectivity index (χ0) is 14.8. The molecular weight excluding hydrogens is 340 g/mol. The normalized spacial score (nSPS) is 18.8. The first kappa shape index (κ1) is 15.9. The third-order valence-corrected chi connectivity index (χ3v) is 5.95. The van der Waals surface area contributed by atoms with Crippen LogP contribution in [0.1, 0.15) is 38.3 Å². The molecule has 1 saturated carbocycles. The number of hydrogen-bond donors (Lipinski definition) is 2. The van der Waals surface area contributed by atoms with Crippen molar-refractivity contribution in [2.45, 2.75) is 44.0 Å². The van der Waals surface area contributed by atoms with E-state index in [0.717, 1.165) is 22.9 Å². The molecule has 20 heavy (non-hydrogen) atoms. The monoisotopic (exact) mass is 360 g/mol. The van der Waals surface area contributed by atoms with Crippen LogP contribution >= 0.6 is 15.9 Å². The average molecular weight is 361 g/mol. The SMILES string of the molecule is CC(NS(=O)(=O)C(C)CNC1CC1)c1ccc(Br)cc1. The molecule has 6 heteroatoms. The van der Waals surface area contributed by atoms with Crippen molar-refractivity contribution in [1.82, 2.24) is 10.0 Å². The van der Waals surface area contributed by atoms with E-state index in [1.807, 2.05) is 31.2 Å². The van der Waals surface area contributed by atoms with E-state index in [1.165, 1.54) is 0 Å². The molecule has 0 radical (unpaired) electrons. The van der Waals surface area contributed by atoms with E-state index in [2.05, 4.69) is 26.0 Å². The fraction of sp³-hybridized carbons (Fsp3) is 0.571. The second-order valence-electron chi connectivity index (χ2n) is 5.43. The Hall–Kier alpha value is -0.430. The summed E-state index contributed by atoms with van der Waals surface area (Å²) in [6, 6.07) is 7.97. The summed E-state index contributed by atoms with van der Waals surface area (Å²) in [7, 11) is -3.31. The molecule has 2 atom stereocenters. The Morgan fingerprint density at radius 1 is 1.25 bits per heavy atom. The minimum absolute atomic E-state index is 0.225. The Balaban J connectivity index is 1.93. The van der Waals surface area contributed by atoms with Crippen LogP contribution in [-0.2, 0) is 10.0 Å². The van der Waals surface area contributed by atoms with Gasteiger partial charge in [0.05, 0.1) is 5.25 Å². The molecule has 0 saturated heterocycles. The van der Waals surface area contributed by atoms with Gasteiger partial charge in [0.25, 0.3) is 0 Å². The van der Waals surface area contributed by atoms with Gasteiger partial charge in [0.15, 0.2) is 0 Å². The molecule has 1 aromatic carbocycles. The van der Waals surface area contributed by atoms with Crippen LogP contribution in [0.4, 0.5) is 0 Å². The van der Waals surface area contributed by atoms with Crippen molar-refractivity contribution in [2.24, 2.45) is 0 Å². The van der Waals surface area contributed by atoms with Crippen LogP contribution in [0, 0.1) is 0 Å². The van der Waals surface area contributed by atoms with Crippen molar-refractivity contribution in [3.05, 3.63) is 34.3 Å². The van der Waals surface area contributed by atoms with E-state index in [4.69, 9.17) is 0 Å². The van der Waals surface area contributed by atoms with E-state index < -0.39 is 15.3 Å². The maximum atomic E-state index is 12.3. The second kappa shape index (κ2) is 6.56. The van der Waals surface area contributed by atoms with E-state index in [0.29, 0.717) is 12.6 Å². The highest BCUT2D eigenvalue weighted by Gasteiger charge is 2.26. The maximum absolute atomic E-state index is 12.3. The van der Waals surface area contributed by atoms with Crippen molar-refractivity contribution in [1.29, 1.82) is 0 Å². The second-order valence-corrected chi connectivity index (χ2v) is 8.48. The van der Waals surface area contributed by atoms with Crippen molar-refractivity contribution in [2.75, 3.05) is 6.54 Å². The van der Waals surface area contributed by atoms with Gasteiger partial charge in [-0.3, -0.25) is 0 Å². The number of halogens is 1. The molecule has 112 valence electrons. The number of benzene rings is 1. The molecule has 1 aromatic rings. The highest BCUT2D eigenvalue weighted by Crippen LogP contribution is 2.20. The Morgan fingerprint density at radius 3 is 2.40 bits per heavy atom. The molecule has 0 spiro atoms. The lowest BCUT2D eigenvalue weighted by Gasteiger charge is -2.19. The largest absolute Gasteiger partial charge is 0.313 e. The Bertz CT molecular complexity index is 541. The van der Waals surface area contributed by atoms with Crippen LogP contribution in [0.5, 0.6) is 0 Å². The van der Waals surface area contributed by atoms with Crippen LogP contribution in [0.25, 0.3) is 0 Å². The number of sulfonamides is 1. The molecule has 0 aromatic heterocycles. The third kappa shape index (κ3) is 4.55. The van der Waals surface area contributed by atoms with Crippen molar-refractivity contribution >= 4 is 26.0 Å². The Kier molecular flexibility index (Phi) is 5.23. The summed E-state index contributed by atoms with van der Waals surface area (Å²) < 4.78 is 28.2. The van der Waals surface area contributed by atoms with Crippen molar-refractivity contribution in [3.63, 3.8) is 0 Å². The molecule has 2 N–H and O–H groups in total. The molecular formula is C14H21BrN2O2S. The van der Waals surface area contributed by atoms with Gasteiger partial charge >= 0.3 is 0 Å². The summed E-state index contributed by atoms with van der Waals surface area (Å²) in [5.41, 5.74) is 0.958. The fourth-order valence-electron chi connectivity index (χ4n) is 1.91. The topological polar surface area (TPSA) is 58.2 Å². The summed E-state index contributed by atoms with van der Waals surface area (Å²) in [5, 5.41) is 2.83. The van der Waals surface area contributed by atoms with Crippen LogP contribution in [0.2, 0.25) is 0 Å². The lowest BCUT2D eigenvalue weighted by Crippen LogP contribution is -2.40. The van der Waals surface area contributed by atoms with Crippen molar-refractivity contribution in [3.8, 4) is 0 Å². The maximum Gasteiger partial charge on any atom is 0.216 e. The quantitative estimate of drug-likeness (QED) is 0.785. The highest BCUT2D eigenvalue weighted by molar-refractivity contribution is 9.10. The van der Waals surface area contributed by atoms with Gasteiger partial charge in [0.1, 0.15) is 0 Å². The standard InChI is InChI=1S/C14H21BrN2O2S/c1-10(9-16-14-7-8-14)20(18,19)17-11(2)12-3-5-13(15)6-4-12/h3-6,10-11,14,16-17H,7-9H2,1-2H3. The molecule has 1 fully saturated rings. The lowest BCUT2D eigenvalue weighted by molar-refractivity contribution is 0.544. The molecule has 2 unspecified atom stereocenters. The summed E-state index contributed by atoms with van der Waals surface area (Å²) in [6.07, 6.45) is 2.32. The van der Waals surface area contributed by atoms with E-state index in [-0.39, 0.29) is 6.04 Å². The third-order valence-electron chi connectivity index (χ3n) is 3.51. The molecule has 1 aliphatic rings. The summed E-state index contributed by atoms with van der Waals surface area (Å²) in [4.78, 5) is 0. The Labute approximate surface area is 129 Å².